The Bertz CT molecular complexity index is 912. The fourth-order valence-electron chi connectivity index (χ4n) is 4.02. The Morgan fingerprint density at radius 3 is 2.38 bits per heavy atom. The van der Waals surface area contributed by atoms with E-state index in [1.807, 2.05) is 12.1 Å². The molecule has 2 heterocycles. The van der Waals surface area contributed by atoms with E-state index in [4.69, 9.17) is 0 Å². The van der Waals surface area contributed by atoms with Crippen LogP contribution in [0.25, 0.3) is 0 Å². The highest BCUT2D eigenvalue weighted by atomic mass is 16.1. The number of ketones is 1. The van der Waals surface area contributed by atoms with E-state index in [1.54, 1.807) is 12.4 Å². The topological polar surface area (TPSA) is 54.0 Å². The van der Waals surface area contributed by atoms with Gasteiger partial charge in [0, 0.05) is 30.1 Å². The van der Waals surface area contributed by atoms with Crippen molar-refractivity contribution in [2.24, 2.45) is 5.41 Å². The minimum Gasteiger partial charge on any atom is -0.372 e. The summed E-state index contributed by atoms with van der Waals surface area (Å²) in [5.74, 6) is 0.222. The van der Waals surface area contributed by atoms with Crippen molar-refractivity contribution in [2.75, 3.05) is 10.6 Å². The first-order chi connectivity index (χ1) is 12.3. The van der Waals surface area contributed by atoms with Crippen LogP contribution in [-0.2, 0) is 4.79 Å². The van der Waals surface area contributed by atoms with Crippen LogP contribution in [0.3, 0.4) is 0 Å². The van der Waals surface area contributed by atoms with Gasteiger partial charge in [0.25, 0.3) is 0 Å². The molecule has 2 aliphatic rings. The quantitative estimate of drug-likeness (QED) is 0.769. The Labute approximate surface area is 154 Å². The van der Waals surface area contributed by atoms with Crippen LogP contribution in [0, 0.1) is 19.3 Å². The van der Waals surface area contributed by atoms with Crippen molar-refractivity contribution in [3.63, 3.8) is 0 Å². The van der Waals surface area contributed by atoms with Crippen LogP contribution in [-0.4, -0.2) is 10.8 Å². The molecule has 4 heteroatoms. The average Bonchev–Trinajstić information content (AvgIpc) is 2.72. The lowest BCUT2D eigenvalue weighted by Crippen LogP contribution is -2.31. The Morgan fingerprint density at radius 2 is 1.69 bits per heavy atom. The minimum atomic E-state index is -0.160. The van der Waals surface area contributed by atoms with Gasteiger partial charge in [-0.05, 0) is 66.6 Å². The van der Waals surface area contributed by atoms with E-state index < -0.39 is 0 Å². The molecule has 1 atom stereocenters. The largest absolute Gasteiger partial charge is 0.372 e. The predicted octanol–water partition coefficient (Wildman–Crippen LogP) is 4.92. The van der Waals surface area contributed by atoms with Gasteiger partial charge in [-0.25, -0.2) is 0 Å². The molecule has 0 radical (unpaired) electrons. The first kappa shape index (κ1) is 16.8. The van der Waals surface area contributed by atoms with E-state index in [9.17, 15) is 4.79 Å². The first-order valence-corrected chi connectivity index (χ1v) is 9.15. The third-order valence-electron chi connectivity index (χ3n) is 5.47. The van der Waals surface area contributed by atoms with E-state index in [2.05, 4.69) is 55.4 Å². The summed E-state index contributed by atoms with van der Waals surface area (Å²) in [7, 11) is 0. The van der Waals surface area contributed by atoms with Crippen LogP contribution in [0.5, 0.6) is 0 Å². The number of benzene rings is 1. The highest BCUT2D eigenvalue weighted by Crippen LogP contribution is 2.45. The molecule has 0 spiro atoms. The third-order valence-corrected chi connectivity index (χ3v) is 5.47. The fraction of sp³-hybridized carbons (Fsp3) is 0.364. The number of hydrogen-bond acceptors (Lipinski definition) is 4. The zero-order chi connectivity index (χ0) is 18.5. The molecule has 0 bridgehead atoms. The number of rotatable bonds is 1. The predicted molar refractivity (Wildman–Crippen MR) is 105 cm³/mol. The van der Waals surface area contributed by atoms with Crippen LogP contribution < -0.4 is 10.6 Å². The van der Waals surface area contributed by atoms with Crippen molar-refractivity contribution in [3.8, 4) is 0 Å². The first-order valence-electron chi connectivity index (χ1n) is 9.15. The molecule has 0 unspecified atom stereocenters. The summed E-state index contributed by atoms with van der Waals surface area (Å²) in [4.78, 5) is 17.2. The van der Waals surface area contributed by atoms with Gasteiger partial charge in [0.2, 0.25) is 0 Å². The molecule has 1 aromatic carbocycles. The third kappa shape index (κ3) is 2.90. The lowest BCUT2D eigenvalue weighted by Gasteiger charge is -2.34. The summed E-state index contributed by atoms with van der Waals surface area (Å²) in [6.45, 7) is 8.56. The summed E-state index contributed by atoms with van der Waals surface area (Å²) in [5.41, 5.74) is 7.49. The zero-order valence-electron chi connectivity index (χ0n) is 15.8. The van der Waals surface area contributed by atoms with E-state index in [-0.39, 0.29) is 17.2 Å². The maximum atomic E-state index is 13.1. The van der Waals surface area contributed by atoms with Crippen molar-refractivity contribution < 1.29 is 4.79 Å². The molecule has 2 aromatic rings. The second-order valence-corrected chi connectivity index (χ2v) is 8.30. The molecule has 0 fully saturated rings. The number of hydrogen-bond donors (Lipinski definition) is 2. The van der Waals surface area contributed by atoms with Crippen LogP contribution in [0.4, 0.5) is 11.4 Å². The maximum Gasteiger partial charge on any atom is 0.163 e. The number of carbonyl (C=O) groups excluding carboxylic acids is 1. The second kappa shape index (κ2) is 5.97. The maximum absolute atomic E-state index is 13.1. The molecule has 4 nitrogen and oxygen atoms in total. The number of nitrogens with zero attached hydrogens (tertiary/aromatic N) is 1. The lowest BCUT2D eigenvalue weighted by atomic mass is 9.73. The van der Waals surface area contributed by atoms with Crippen LogP contribution in [0.15, 0.2) is 47.9 Å². The number of allylic oxidation sites excluding steroid dienone is 1. The molecular formula is C22H25N3O. The summed E-state index contributed by atoms with van der Waals surface area (Å²) < 4.78 is 0. The molecule has 1 aromatic heterocycles. The fourth-order valence-corrected chi connectivity index (χ4v) is 4.02. The molecular weight excluding hydrogens is 322 g/mol. The van der Waals surface area contributed by atoms with Crippen LogP contribution >= 0.6 is 0 Å². The van der Waals surface area contributed by atoms with E-state index >= 15 is 0 Å². The number of pyridine rings is 1. The number of anilines is 2. The molecule has 0 saturated heterocycles. The average molecular weight is 347 g/mol. The van der Waals surface area contributed by atoms with Crippen molar-refractivity contribution in [1.29, 1.82) is 0 Å². The van der Waals surface area contributed by atoms with Crippen molar-refractivity contribution >= 4 is 17.2 Å². The monoisotopic (exact) mass is 347 g/mol. The van der Waals surface area contributed by atoms with Gasteiger partial charge >= 0.3 is 0 Å². The summed E-state index contributed by atoms with van der Waals surface area (Å²) >= 11 is 0. The Hall–Kier alpha value is -2.62. The van der Waals surface area contributed by atoms with E-state index in [1.165, 1.54) is 11.1 Å². The summed E-state index contributed by atoms with van der Waals surface area (Å²) in [6.07, 6.45) is 5.01. The van der Waals surface area contributed by atoms with Gasteiger partial charge in [-0.2, -0.15) is 0 Å². The highest BCUT2D eigenvalue weighted by molar-refractivity contribution is 6.01. The normalized spacial score (nSPS) is 21.2. The molecule has 1 aliphatic carbocycles. The number of Topliss-reactive ketones (excluding diaryl/α,β-unsaturated/α-hetero) is 1. The minimum absolute atomic E-state index is 0.0318. The van der Waals surface area contributed by atoms with Crippen molar-refractivity contribution in [3.05, 3.63) is 64.6 Å². The van der Waals surface area contributed by atoms with E-state index in [0.717, 1.165) is 34.6 Å². The number of fused-ring (bicyclic) bond motifs is 1. The molecule has 0 amide bonds. The van der Waals surface area contributed by atoms with Gasteiger partial charge in [0.05, 0.1) is 17.4 Å². The molecule has 134 valence electrons. The molecule has 4 rings (SSSR count). The molecule has 1 aliphatic heterocycles. The number of aromatic nitrogens is 1. The van der Waals surface area contributed by atoms with Crippen LogP contribution in [0.1, 0.15) is 49.4 Å². The molecule has 0 saturated carbocycles. The van der Waals surface area contributed by atoms with Crippen molar-refractivity contribution in [2.45, 2.75) is 46.6 Å². The lowest BCUT2D eigenvalue weighted by molar-refractivity contribution is -0.118. The van der Waals surface area contributed by atoms with Crippen LogP contribution in [0.2, 0.25) is 0 Å². The number of carbonyl (C=O) groups is 1. The number of nitrogens with one attached hydrogen (secondary N) is 2. The van der Waals surface area contributed by atoms with Gasteiger partial charge < -0.3 is 10.6 Å². The molecule has 26 heavy (non-hydrogen) atoms. The highest BCUT2D eigenvalue weighted by Gasteiger charge is 2.38. The SMILES string of the molecule is Cc1cc2c(cc1C)N[C@H](c1ccncc1)C1=C(CC(C)(C)CC1=O)N2. The number of aryl methyl sites for hydroxylation is 2. The smallest absolute Gasteiger partial charge is 0.163 e. The van der Waals surface area contributed by atoms with E-state index in [0.29, 0.717) is 6.42 Å². The Morgan fingerprint density at radius 1 is 1.04 bits per heavy atom. The van der Waals surface area contributed by atoms with Gasteiger partial charge in [-0.3, -0.25) is 9.78 Å². The summed E-state index contributed by atoms with van der Waals surface area (Å²) in [6, 6.07) is 8.15. The Kier molecular flexibility index (Phi) is 3.87. The second-order valence-electron chi connectivity index (χ2n) is 8.30. The standard InChI is InChI=1S/C22H25N3O/c1-13-9-16-17(10-14(13)2)25-21(15-5-7-23-8-6-15)20-18(24-16)11-22(3,4)12-19(20)26/h5-10,21,24-25H,11-12H2,1-4H3/t21-/m1/s1. The van der Waals surface area contributed by atoms with Gasteiger partial charge in [0.1, 0.15) is 0 Å². The van der Waals surface area contributed by atoms with Gasteiger partial charge in [-0.1, -0.05) is 13.8 Å². The Balaban J connectivity index is 1.91. The zero-order valence-corrected chi connectivity index (χ0v) is 15.8. The summed E-state index contributed by atoms with van der Waals surface area (Å²) in [5, 5.41) is 7.23. The molecule has 2 N–H and O–H groups in total. The van der Waals surface area contributed by atoms with Crippen molar-refractivity contribution in [1.82, 2.24) is 4.98 Å². The van der Waals surface area contributed by atoms with Gasteiger partial charge in [-0.15, -0.1) is 0 Å². The van der Waals surface area contributed by atoms with Gasteiger partial charge in [0.15, 0.2) is 5.78 Å².